The Labute approximate surface area is 123 Å². The molecule has 2 bridgehead atoms. The van der Waals surface area contributed by atoms with Crippen molar-refractivity contribution in [3.05, 3.63) is 0 Å². The molecule has 0 spiro atoms. The number of nitrogens with zero attached hydrogens (tertiary/aromatic N) is 1. The lowest BCUT2D eigenvalue weighted by Gasteiger charge is -2.45. The molecule has 0 aromatic carbocycles. The van der Waals surface area contributed by atoms with E-state index in [2.05, 4.69) is 27.9 Å². The molecule has 108 valence electrons. The van der Waals surface area contributed by atoms with Crippen LogP contribution in [0.2, 0.25) is 0 Å². The molecule has 4 atom stereocenters. The van der Waals surface area contributed by atoms with Crippen LogP contribution < -0.4 is 0 Å². The summed E-state index contributed by atoms with van der Waals surface area (Å²) in [5.41, 5.74) is 0. The number of halogens is 1. The fraction of sp³-hybridized carbons (Fsp3) is 0.933. The maximum absolute atomic E-state index is 11.8. The average Bonchev–Trinajstić information content (AvgIpc) is 2.63. The van der Waals surface area contributed by atoms with Crippen molar-refractivity contribution in [1.82, 2.24) is 4.90 Å². The Morgan fingerprint density at radius 1 is 1.16 bits per heavy atom. The zero-order chi connectivity index (χ0) is 13.6. The summed E-state index contributed by atoms with van der Waals surface area (Å²) < 4.78 is 0. The third-order valence-corrected chi connectivity index (χ3v) is 6.82. The summed E-state index contributed by atoms with van der Waals surface area (Å²) >= 11 is 3.70. The minimum absolute atomic E-state index is 0.124. The number of carboxylic acid groups (broad SMARTS) is 1. The van der Waals surface area contributed by atoms with Crippen LogP contribution in [-0.4, -0.2) is 39.9 Å². The van der Waals surface area contributed by atoms with Crippen LogP contribution >= 0.6 is 15.9 Å². The van der Waals surface area contributed by atoms with Crippen LogP contribution in [0.1, 0.15) is 44.9 Å². The van der Waals surface area contributed by atoms with E-state index in [0.717, 1.165) is 12.8 Å². The number of fused-ring (bicyclic) bond motifs is 2. The van der Waals surface area contributed by atoms with Crippen molar-refractivity contribution in [1.29, 1.82) is 0 Å². The lowest BCUT2D eigenvalue weighted by molar-refractivity contribution is -0.150. The molecule has 0 radical (unpaired) electrons. The monoisotopic (exact) mass is 329 g/mol. The van der Waals surface area contributed by atoms with Gasteiger partial charge in [0.2, 0.25) is 0 Å². The molecule has 0 amide bonds. The molecule has 2 heterocycles. The van der Waals surface area contributed by atoms with E-state index in [1.54, 1.807) is 0 Å². The van der Waals surface area contributed by atoms with Gasteiger partial charge in [0.15, 0.2) is 0 Å². The maximum atomic E-state index is 11.8. The Balaban J connectivity index is 1.78. The Kier molecular flexibility index (Phi) is 3.91. The normalized spacial score (nSPS) is 47.3. The number of aliphatic carboxylic acids is 1. The van der Waals surface area contributed by atoms with Gasteiger partial charge in [0.25, 0.3) is 0 Å². The molecule has 3 fully saturated rings. The molecular formula is C15H24BrNO2. The van der Waals surface area contributed by atoms with Crippen LogP contribution in [0, 0.1) is 17.8 Å². The largest absolute Gasteiger partial charge is 0.481 e. The minimum atomic E-state index is -0.553. The quantitative estimate of drug-likeness (QED) is 0.791. The first kappa shape index (κ1) is 13.9. The van der Waals surface area contributed by atoms with Gasteiger partial charge in [-0.15, -0.1) is 0 Å². The summed E-state index contributed by atoms with van der Waals surface area (Å²) in [5, 5.41) is 9.69. The molecule has 3 aliphatic rings. The molecular weight excluding hydrogens is 306 g/mol. The highest BCUT2D eigenvalue weighted by molar-refractivity contribution is 9.09. The van der Waals surface area contributed by atoms with Gasteiger partial charge in [0.05, 0.1) is 5.92 Å². The van der Waals surface area contributed by atoms with Crippen LogP contribution in [0.25, 0.3) is 0 Å². The Bertz CT molecular complexity index is 354. The van der Waals surface area contributed by atoms with Gasteiger partial charge in [0, 0.05) is 16.9 Å². The molecule has 2 unspecified atom stereocenters. The zero-order valence-electron chi connectivity index (χ0n) is 11.6. The Hall–Kier alpha value is -0.0900. The summed E-state index contributed by atoms with van der Waals surface area (Å²) in [5.74, 6) is 0.390. The fourth-order valence-electron chi connectivity index (χ4n) is 4.84. The third-order valence-electron chi connectivity index (χ3n) is 5.91. The minimum Gasteiger partial charge on any atom is -0.481 e. The Morgan fingerprint density at radius 2 is 1.84 bits per heavy atom. The number of carboxylic acids is 1. The molecule has 1 N–H and O–H groups in total. The van der Waals surface area contributed by atoms with Crippen LogP contribution in [0.5, 0.6) is 0 Å². The maximum Gasteiger partial charge on any atom is 0.308 e. The molecule has 1 saturated carbocycles. The van der Waals surface area contributed by atoms with Gasteiger partial charge < -0.3 is 5.11 Å². The van der Waals surface area contributed by atoms with Crippen LogP contribution in [-0.2, 0) is 4.79 Å². The molecule has 3 nitrogen and oxygen atoms in total. The van der Waals surface area contributed by atoms with Gasteiger partial charge >= 0.3 is 5.97 Å². The molecule has 19 heavy (non-hydrogen) atoms. The van der Waals surface area contributed by atoms with Crippen molar-refractivity contribution in [3.63, 3.8) is 0 Å². The second-order valence-corrected chi connectivity index (χ2v) is 8.03. The second kappa shape index (κ2) is 5.36. The van der Waals surface area contributed by atoms with Gasteiger partial charge in [-0.3, -0.25) is 9.69 Å². The van der Waals surface area contributed by atoms with E-state index in [1.807, 2.05) is 0 Å². The second-order valence-electron chi connectivity index (χ2n) is 6.74. The van der Waals surface area contributed by atoms with E-state index in [1.165, 1.54) is 32.1 Å². The highest BCUT2D eigenvalue weighted by atomic mass is 79.9. The molecule has 0 aromatic heterocycles. The lowest BCUT2D eigenvalue weighted by atomic mass is 9.68. The van der Waals surface area contributed by atoms with Crippen LogP contribution in [0.15, 0.2) is 0 Å². The van der Waals surface area contributed by atoms with Gasteiger partial charge in [-0.05, 0) is 63.8 Å². The highest BCUT2D eigenvalue weighted by Gasteiger charge is 2.50. The number of alkyl halides is 1. The average molecular weight is 330 g/mol. The van der Waals surface area contributed by atoms with Crippen molar-refractivity contribution < 1.29 is 9.90 Å². The number of hydrogen-bond acceptors (Lipinski definition) is 2. The van der Waals surface area contributed by atoms with Crippen LogP contribution in [0.3, 0.4) is 0 Å². The van der Waals surface area contributed by atoms with E-state index in [9.17, 15) is 9.90 Å². The predicted octanol–water partition coefficient (Wildman–Crippen LogP) is 3.12. The Morgan fingerprint density at radius 3 is 2.47 bits per heavy atom. The first-order valence-electron chi connectivity index (χ1n) is 7.66. The van der Waals surface area contributed by atoms with Crippen LogP contribution in [0.4, 0.5) is 0 Å². The van der Waals surface area contributed by atoms with E-state index in [0.29, 0.717) is 28.7 Å². The van der Waals surface area contributed by atoms with E-state index in [-0.39, 0.29) is 5.92 Å². The van der Waals surface area contributed by atoms with Crippen molar-refractivity contribution in [2.45, 2.75) is 61.9 Å². The first-order chi connectivity index (χ1) is 9.08. The van der Waals surface area contributed by atoms with E-state index >= 15 is 0 Å². The topological polar surface area (TPSA) is 40.5 Å². The zero-order valence-corrected chi connectivity index (χ0v) is 13.2. The lowest BCUT2D eigenvalue weighted by Crippen LogP contribution is -2.51. The van der Waals surface area contributed by atoms with Crippen molar-refractivity contribution in [2.24, 2.45) is 17.8 Å². The van der Waals surface area contributed by atoms with Crippen molar-refractivity contribution >= 4 is 21.9 Å². The SMILES string of the molecule is CN1C2CC[C@@H]1C[C@H](C1CCC(Br)CC1)C2C(=O)O. The van der Waals surface area contributed by atoms with Gasteiger partial charge in [0.1, 0.15) is 0 Å². The summed E-state index contributed by atoms with van der Waals surface area (Å²) in [6, 6.07) is 0.940. The number of carbonyl (C=O) groups is 1. The molecule has 2 saturated heterocycles. The number of hydrogen-bond donors (Lipinski definition) is 1. The predicted molar refractivity (Wildman–Crippen MR) is 78.5 cm³/mol. The molecule has 2 aliphatic heterocycles. The number of rotatable bonds is 2. The van der Waals surface area contributed by atoms with E-state index < -0.39 is 5.97 Å². The molecule has 3 rings (SSSR count). The van der Waals surface area contributed by atoms with Gasteiger partial charge in [-0.2, -0.15) is 0 Å². The summed E-state index contributed by atoms with van der Waals surface area (Å²) in [4.78, 5) is 14.8. The summed E-state index contributed by atoms with van der Waals surface area (Å²) in [7, 11) is 2.13. The molecule has 4 heteroatoms. The summed E-state index contributed by atoms with van der Waals surface area (Å²) in [6.45, 7) is 0. The summed E-state index contributed by atoms with van der Waals surface area (Å²) in [6.07, 6.45) is 8.28. The highest BCUT2D eigenvalue weighted by Crippen LogP contribution is 2.48. The smallest absolute Gasteiger partial charge is 0.308 e. The van der Waals surface area contributed by atoms with Crippen molar-refractivity contribution in [3.8, 4) is 0 Å². The fourth-order valence-corrected chi connectivity index (χ4v) is 5.37. The van der Waals surface area contributed by atoms with E-state index in [4.69, 9.17) is 0 Å². The molecule has 1 aliphatic carbocycles. The molecule has 0 aromatic rings. The number of piperidine rings is 1. The van der Waals surface area contributed by atoms with Gasteiger partial charge in [-0.25, -0.2) is 0 Å². The van der Waals surface area contributed by atoms with Gasteiger partial charge in [-0.1, -0.05) is 15.9 Å². The van der Waals surface area contributed by atoms with Crippen molar-refractivity contribution in [2.75, 3.05) is 7.05 Å². The standard InChI is InChI=1S/C15H24BrNO2/c1-17-11-6-7-13(17)14(15(18)19)12(8-11)9-2-4-10(16)5-3-9/h9-14H,2-8H2,1H3,(H,18,19)/t9?,10?,11-,12-,13?,14?/m1/s1. The first-order valence-corrected chi connectivity index (χ1v) is 8.58. The third kappa shape index (κ3) is 2.46.